The average Bonchev–Trinajstić information content (AvgIpc) is 2.31. The maximum absolute atomic E-state index is 8.60. The second-order valence-corrected chi connectivity index (χ2v) is 4.67. The summed E-state index contributed by atoms with van der Waals surface area (Å²) in [6, 6.07) is 18.2. The molecule has 0 heterocycles. The maximum Gasteiger partial charge on any atom is 0.0471 e. The Kier molecular flexibility index (Phi) is 6.60. The maximum atomic E-state index is 8.60. The lowest BCUT2D eigenvalue weighted by Gasteiger charge is -1.96. The van der Waals surface area contributed by atoms with Crippen molar-refractivity contribution in [3.8, 4) is 0 Å². The minimum atomic E-state index is 0.219. The third kappa shape index (κ3) is 6.25. The predicted molar refractivity (Wildman–Crippen MR) is 76.1 cm³/mol. The van der Waals surface area contributed by atoms with E-state index in [4.69, 9.17) is 5.11 Å². The van der Waals surface area contributed by atoms with Crippen LogP contribution in [0, 0.1) is 6.92 Å². The summed E-state index contributed by atoms with van der Waals surface area (Å²) in [4.78, 5) is 0. The van der Waals surface area contributed by atoms with Crippen molar-refractivity contribution in [2.24, 2.45) is 0 Å². The third-order valence-corrected chi connectivity index (χ3v) is 2.72. The van der Waals surface area contributed by atoms with Gasteiger partial charge in [0, 0.05) is 11.1 Å². The summed E-state index contributed by atoms with van der Waals surface area (Å²) in [5.41, 5.74) is 2.49. The Morgan fingerprint density at radius 2 is 1.71 bits per heavy atom. The molecule has 90 valence electrons. The summed E-state index contributed by atoms with van der Waals surface area (Å²) in [5.74, 6) is 0. The lowest BCUT2D eigenvalue weighted by molar-refractivity contribution is 0.299. The fourth-order valence-corrected chi connectivity index (χ4v) is 1.80. The summed E-state index contributed by atoms with van der Waals surface area (Å²) in [7, 11) is 0. The highest BCUT2D eigenvalue weighted by atomic mass is 79.9. The van der Waals surface area contributed by atoms with E-state index < -0.39 is 0 Å². The Morgan fingerprint density at radius 1 is 1.00 bits per heavy atom. The van der Waals surface area contributed by atoms with Crippen molar-refractivity contribution in [1.29, 1.82) is 0 Å². The van der Waals surface area contributed by atoms with Crippen molar-refractivity contribution in [3.05, 3.63) is 70.2 Å². The Hall–Kier alpha value is -1.12. The summed E-state index contributed by atoms with van der Waals surface area (Å²) < 4.78 is 1.07. The van der Waals surface area contributed by atoms with Crippen molar-refractivity contribution in [2.75, 3.05) is 6.61 Å². The molecule has 0 aromatic heterocycles. The van der Waals surface area contributed by atoms with Crippen molar-refractivity contribution in [2.45, 2.75) is 13.3 Å². The van der Waals surface area contributed by atoms with Crippen LogP contribution in [0.1, 0.15) is 11.1 Å². The molecular formula is C15H17BrO. The van der Waals surface area contributed by atoms with Gasteiger partial charge in [-0.05, 0) is 31.0 Å². The van der Waals surface area contributed by atoms with Gasteiger partial charge in [-0.2, -0.15) is 0 Å². The van der Waals surface area contributed by atoms with Crippen molar-refractivity contribution in [3.63, 3.8) is 0 Å². The van der Waals surface area contributed by atoms with Crippen LogP contribution >= 0.6 is 15.9 Å². The minimum absolute atomic E-state index is 0.219. The van der Waals surface area contributed by atoms with Gasteiger partial charge in [0.25, 0.3) is 0 Å². The fraction of sp³-hybridized carbons (Fsp3) is 0.200. The molecule has 0 aliphatic heterocycles. The second-order valence-electron chi connectivity index (χ2n) is 3.76. The number of rotatable bonds is 2. The normalized spacial score (nSPS) is 9.35. The molecule has 0 radical (unpaired) electrons. The molecule has 0 aliphatic rings. The fourth-order valence-electron chi connectivity index (χ4n) is 1.36. The molecule has 0 bridgehead atoms. The molecule has 0 amide bonds. The average molecular weight is 293 g/mol. The van der Waals surface area contributed by atoms with E-state index in [0.29, 0.717) is 0 Å². The molecule has 0 spiro atoms. The number of aliphatic hydroxyl groups is 1. The van der Waals surface area contributed by atoms with Crippen LogP contribution in [-0.2, 0) is 6.42 Å². The largest absolute Gasteiger partial charge is 0.396 e. The molecular weight excluding hydrogens is 276 g/mol. The van der Waals surface area contributed by atoms with Crippen LogP contribution in [0.5, 0.6) is 0 Å². The first-order valence-electron chi connectivity index (χ1n) is 5.59. The number of aliphatic hydroxyl groups excluding tert-OH is 1. The van der Waals surface area contributed by atoms with Gasteiger partial charge in [0.1, 0.15) is 0 Å². The number of hydrogen-bond acceptors (Lipinski definition) is 1. The number of halogens is 1. The molecule has 2 aromatic carbocycles. The van der Waals surface area contributed by atoms with E-state index in [1.54, 1.807) is 0 Å². The molecule has 17 heavy (non-hydrogen) atoms. The molecule has 2 rings (SSSR count). The smallest absolute Gasteiger partial charge is 0.0471 e. The van der Waals surface area contributed by atoms with Crippen LogP contribution in [0.15, 0.2) is 59.1 Å². The molecule has 1 N–H and O–H groups in total. The zero-order valence-electron chi connectivity index (χ0n) is 9.94. The van der Waals surface area contributed by atoms with E-state index >= 15 is 0 Å². The molecule has 0 aliphatic carbocycles. The first-order valence-corrected chi connectivity index (χ1v) is 6.38. The first-order chi connectivity index (χ1) is 8.22. The van der Waals surface area contributed by atoms with Crippen LogP contribution in [0.3, 0.4) is 0 Å². The number of hydrogen-bond donors (Lipinski definition) is 1. The van der Waals surface area contributed by atoms with Crippen molar-refractivity contribution >= 4 is 15.9 Å². The molecule has 0 atom stereocenters. The highest BCUT2D eigenvalue weighted by Gasteiger charge is 1.90. The van der Waals surface area contributed by atoms with Crippen LogP contribution in [0.2, 0.25) is 0 Å². The van der Waals surface area contributed by atoms with Gasteiger partial charge < -0.3 is 5.11 Å². The summed E-state index contributed by atoms with van der Waals surface area (Å²) in [6.45, 7) is 2.30. The topological polar surface area (TPSA) is 20.2 Å². The van der Waals surface area contributed by atoms with E-state index in [-0.39, 0.29) is 6.61 Å². The molecule has 0 saturated carbocycles. The van der Waals surface area contributed by atoms with Gasteiger partial charge in [-0.15, -0.1) is 0 Å². The number of benzene rings is 2. The highest BCUT2D eigenvalue weighted by Crippen LogP contribution is 2.11. The minimum Gasteiger partial charge on any atom is -0.396 e. The van der Waals surface area contributed by atoms with Gasteiger partial charge in [-0.25, -0.2) is 0 Å². The summed E-state index contributed by atoms with van der Waals surface area (Å²) >= 11 is 3.35. The summed E-state index contributed by atoms with van der Waals surface area (Å²) in [6.07, 6.45) is 0.736. The van der Waals surface area contributed by atoms with Crippen molar-refractivity contribution in [1.82, 2.24) is 0 Å². The van der Waals surface area contributed by atoms with Gasteiger partial charge in [0.05, 0.1) is 0 Å². The molecule has 0 fully saturated rings. The molecule has 0 saturated heterocycles. The Morgan fingerprint density at radius 3 is 2.18 bits per heavy atom. The lowest BCUT2D eigenvalue weighted by Crippen LogP contribution is -1.88. The van der Waals surface area contributed by atoms with Gasteiger partial charge in [-0.1, -0.05) is 64.0 Å². The predicted octanol–water partition coefficient (Wildman–Crippen LogP) is 3.98. The van der Waals surface area contributed by atoms with E-state index in [2.05, 4.69) is 35.0 Å². The van der Waals surface area contributed by atoms with Crippen LogP contribution < -0.4 is 0 Å². The standard InChI is InChI=1S/C8H9BrO.C7H8/c9-8-3-1-2-7(6-8)4-5-10;1-7-5-3-2-4-6-7/h1-3,6,10H,4-5H2;2-6H,1H3. The van der Waals surface area contributed by atoms with Crippen LogP contribution in [0.25, 0.3) is 0 Å². The quantitative estimate of drug-likeness (QED) is 0.888. The first kappa shape index (κ1) is 13.9. The summed E-state index contributed by atoms with van der Waals surface area (Å²) in [5, 5.41) is 8.60. The zero-order chi connectivity index (χ0) is 12.5. The third-order valence-electron chi connectivity index (χ3n) is 2.23. The monoisotopic (exact) mass is 292 g/mol. The van der Waals surface area contributed by atoms with E-state index in [9.17, 15) is 0 Å². The number of aryl methyl sites for hydroxylation is 1. The molecule has 2 aromatic rings. The van der Waals surface area contributed by atoms with Crippen LogP contribution in [-0.4, -0.2) is 11.7 Å². The Labute approximate surface area is 111 Å². The van der Waals surface area contributed by atoms with Gasteiger partial charge >= 0.3 is 0 Å². The SMILES string of the molecule is Cc1ccccc1.OCCc1cccc(Br)c1. The van der Waals surface area contributed by atoms with E-state index in [1.165, 1.54) is 5.56 Å². The Bertz CT molecular complexity index is 426. The van der Waals surface area contributed by atoms with Gasteiger partial charge in [0.15, 0.2) is 0 Å². The zero-order valence-corrected chi connectivity index (χ0v) is 11.5. The van der Waals surface area contributed by atoms with Gasteiger partial charge in [0.2, 0.25) is 0 Å². The van der Waals surface area contributed by atoms with E-state index in [1.807, 2.05) is 42.5 Å². The lowest BCUT2D eigenvalue weighted by atomic mass is 10.2. The van der Waals surface area contributed by atoms with Crippen molar-refractivity contribution < 1.29 is 5.11 Å². The molecule has 2 heteroatoms. The molecule has 0 unspecified atom stereocenters. The van der Waals surface area contributed by atoms with Crippen LogP contribution in [0.4, 0.5) is 0 Å². The second kappa shape index (κ2) is 8.04. The Balaban J connectivity index is 0.000000181. The highest BCUT2D eigenvalue weighted by molar-refractivity contribution is 9.10. The van der Waals surface area contributed by atoms with Gasteiger partial charge in [-0.3, -0.25) is 0 Å². The van der Waals surface area contributed by atoms with E-state index in [0.717, 1.165) is 16.5 Å². The molecule has 1 nitrogen and oxygen atoms in total.